The lowest BCUT2D eigenvalue weighted by Crippen LogP contribution is -2.41. The second-order valence-corrected chi connectivity index (χ2v) is 11.4. The monoisotopic (exact) mass is 598 g/mol. The summed E-state index contributed by atoms with van der Waals surface area (Å²) in [6, 6.07) is 20.5. The first-order chi connectivity index (χ1) is 15.1. The summed E-state index contributed by atoms with van der Waals surface area (Å²) in [6.45, 7) is 1.59. The Morgan fingerprint density at radius 1 is 1.00 bits per heavy atom. The number of rotatable bonds is 8. The summed E-state index contributed by atoms with van der Waals surface area (Å²) in [6.07, 6.45) is 0. The standard InChI is InChI=1S/C23H21Br2ClN2O3S/c1-16(18-3-2-4-20(25)13-18)27-23(29)15-28(14-17-5-7-19(24)8-6-17)32(30,31)22-11-9-21(26)10-12-22/h2-13,16H,14-15H2,1H3,(H,27,29). The van der Waals surface area contributed by atoms with Gasteiger partial charge >= 0.3 is 0 Å². The molecule has 0 saturated heterocycles. The average Bonchev–Trinajstić information content (AvgIpc) is 2.75. The summed E-state index contributed by atoms with van der Waals surface area (Å²) in [7, 11) is -3.93. The van der Waals surface area contributed by atoms with Gasteiger partial charge in [0.1, 0.15) is 0 Å². The fourth-order valence-electron chi connectivity index (χ4n) is 3.08. The number of nitrogens with one attached hydrogen (secondary N) is 1. The van der Waals surface area contributed by atoms with E-state index in [9.17, 15) is 13.2 Å². The molecular formula is C23H21Br2ClN2O3S. The number of benzene rings is 3. The third-order valence-corrected chi connectivity index (χ3v) is 7.85. The van der Waals surface area contributed by atoms with Gasteiger partial charge in [-0.25, -0.2) is 8.42 Å². The molecule has 5 nitrogen and oxygen atoms in total. The van der Waals surface area contributed by atoms with Gasteiger partial charge in [-0.2, -0.15) is 4.31 Å². The minimum Gasteiger partial charge on any atom is -0.348 e. The summed E-state index contributed by atoms with van der Waals surface area (Å²) >= 11 is 12.7. The van der Waals surface area contributed by atoms with E-state index < -0.39 is 15.9 Å². The van der Waals surface area contributed by atoms with E-state index in [4.69, 9.17) is 11.6 Å². The zero-order valence-electron chi connectivity index (χ0n) is 17.1. The van der Waals surface area contributed by atoms with Crippen LogP contribution in [0.25, 0.3) is 0 Å². The molecule has 0 radical (unpaired) electrons. The fourth-order valence-corrected chi connectivity index (χ4v) is 5.27. The Labute approximate surface area is 210 Å². The quantitative estimate of drug-likeness (QED) is 0.349. The summed E-state index contributed by atoms with van der Waals surface area (Å²) in [5, 5.41) is 3.32. The van der Waals surface area contributed by atoms with Crippen molar-refractivity contribution in [1.82, 2.24) is 9.62 Å². The Hall–Kier alpha value is -1.71. The molecule has 3 rings (SSSR count). The topological polar surface area (TPSA) is 66.5 Å². The van der Waals surface area contributed by atoms with Gasteiger partial charge in [-0.1, -0.05) is 67.7 Å². The number of nitrogens with zero attached hydrogens (tertiary/aromatic N) is 1. The predicted octanol–water partition coefficient (Wildman–Crippen LogP) is 5.93. The Morgan fingerprint density at radius 2 is 1.66 bits per heavy atom. The average molecular weight is 601 g/mol. The molecule has 0 aliphatic heterocycles. The first kappa shape index (κ1) is 24.9. The van der Waals surface area contributed by atoms with Gasteiger partial charge in [-0.15, -0.1) is 0 Å². The smallest absolute Gasteiger partial charge is 0.243 e. The number of amides is 1. The Kier molecular flexibility index (Phi) is 8.52. The molecule has 1 atom stereocenters. The van der Waals surface area contributed by atoms with Crippen LogP contribution in [0.5, 0.6) is 0 Å². The first-order valence-corrected chi connectivity index (χ1v) is 13.1. The van der Waals surface area contributed by atoms with E-state index in [0.29, 0.717) is 5.02 Å². The maximum absolute atomic E-state index is 13.3. The lowest BCUT2D eigenvalue weighted by Gasteiger charge is -2.23. The minimum atomic E-state index is -3.93. The molecule has 168 valence electrons. The van der Waals surface area contributed by atoms with Crippen molar-refractivity contribution < 1.29 is 13.2 Å². The lowest BCUT2D eigenvalue weighted by atomic mass is 10.1. The molecule has 0 spiro atoms. The molecule has 32 heavy (non-hydrogen) atoms. The highest BCUT2D eigenvalue weighted by Crippen LogP contribution is 2.22. The molecule has 0 aromatic heterocycles. The third-order valence-electron chi connectivity index (χ3n) is 4.77. The molecule has 0 saturated carbocycles. The first-order valence-electron chi connectivity index (χ1n) is 9.70. The number of hydrogen-bond acceptors (Lipinski definition) is 3. The van der Waals surface area contributed by atoms with Crippen LogP contribution in [0.3, 0.4) is 0 Å². The molecule has 1 N–H and O–H groups in total. The van der Waals surface area contributed by atoms with Gasteiger partial charge in [0.15, 0.2) is 0 Å². The van der Waals surface area contributed by atoms with Gasteiger partial charge in [0.25, 0.3) is 0 Å². The molecule has 3 aromatic carbocycles. The van der Waals surface area contributed by atoms with E-state index in [-0.39, 0.29) is 24.0 Å². The Morgan fingerprint density at radius 3 is 2.28 bits per heavy atom. The summed E-state index contributed by atoms with van der Waals surface area (Å²) in [4.78, 5) is 12.9. The van der Waals surface area contributed by atoms with Gasteiger partial charge in [0.2, 0.25) is 15.9 Å². The van der Waals surface area contributed by atoms with Gasteiger partial charge in [0, 0.05) is 20.5 Å². The zero-order chi connectivity index (χ0) is 23.3. The van der Waals surface area contributed by atoms with E-state index in [0.717, 1.165) is 20.1 Å². The molecule has 0 aliphatic carbocycles. The van der Waals surface area contributed by atoms with Crippen LogP contribution >= 0.6 is 43.5 Å². The van der Waals surface area contributed by atoms with Crippen molar-refractivity contribution in [2.45, 2.75) is 24.4 Å². The highest BCUT2D eigenvalue weighted by Gasteiger charge is 2.27. The molecule has 0 fully saturated rings. The number of carbonyl (C=O) groups excluding carboxylic acids is 1. The van der Waals surface area contributed by atoms with Gasteiger partial charge in [-0.3, -0.25) is 4.79 Å². The van der Waals surface area contributed by atoms with Crippen molar-refractivity contribution >= 4 is 59.4 Å². The highest BCUT2D eigenvalue weighted by atomic mass is 79.9. The van der Waals surface area contributed by atoms with Crippen molar-refractivity contribution in [1.29, 1.82) is 0 Å². The van der Waals surface area contributed by atoms with Crippen LogP contribution in [-0.4, -0.2) is 25.2 Å². The molecule has 0 aliphatic rings. The largest absolute Gasteiger partial charge is 0.348 e. The lowest BCUT2D eigenvalue weighted by molar-refractivity contribution is -0.122. The Bertz CT molecular complexity index is 1190. The molecule has 0 heterocycles. The summed E-state index contributed by atoms with van der Waals surface area (Å²) < 4.78 is 29.6. The van der Waals surface area contributed by atoms with Gasteiger partial charge in [-0.05, 0) is 66.6 Å². The maximum atomic E-state index is 13.3. The molecule has 0 bridgehead atoms. The van der Waals surface area contributed by atoms with Gasteiger partial charge < -0.3 is 5.32 Å². The van der Waals surface area contributed by atoms with Crippen LogP contribution in [0.15, 0.2) is 86.6 Å². The number of hydrogen-bond donors (Lipinski definition) is 1. The molecule has 1 amide bonds. The second kappa shape index (κ2) is 10.9. The van der Waals surface area contributed by atoms with Crippen molar-refractivity contribution in [3.63, 3.8) is 0 Å². The molecule has 9 heteroatoms. The highest BCUT2D eigenvalue weighted by molar-refractivity contribution is 9.10. The van der Waals surface area contributed by atoms with Crippen molar-refractivity contribution in [3.05, 3.63) is 97.9 Å². The molecule has 3 aromatic rings. The number of carbonyl (C=O) groups is 1. The van der Waals surface area contributed by atoms with Crippen LogP contribution < -0.4 is 5.32 Å². The number of sulfonamides is 1. The van der Waals surface area contributed by atoms with Crippen molar-refractivity contribution in [2.24, 2.45) is 0 Å². The van der Waals surface area contributed by atoms with Crippen molar-refractivity contribution in [3.8, 4) is 0 Å². The zero-order valence-corrected chi connectivity index (χ0v) is 21.9. The molecule has 1 unspecified atom stereocenters. The van der Waals surface area contributed by atoms with E-state index in [1.165, 1.54) is 28.6 Å². The van der Waals surface area contributed by atoms with E-state index >= 15 is 0 Å². The SMILES string of the molecule is CC(NC(=O)CN(Cc1ccc(Br)cc1)S(=O)(=O)c1ccc(Cl)cc1)c1cccc(Br)c1. The second-order valence-electron chi connectivity index (χ2n) is 7.20. The van der Waals surface area contributed by atoms with E-state index in [1.807, 2.05) is 55.5 Å². The summed E-state index contributed by atoms with van der Waals surface area (Å²) in [5.74, 6) is -0.396. The van der Waals surface area contributed by atoms with Crippen LogP contribution in [0.4, 0.5) is 0 Å². The van der Waals surface area contributed by atoms with Crippen LogP contribution in [0, 0.1) is 0 Å². The van der Waals surface area contributed by atoms with E-state index in [1.54, 1.807) is 0 Å². The van der Waals surface area contributed by atoms with Gasteiger partial charge in [0.05, 0.1) is 17.5 Å². The van der Waals surface area contributed by atoms with E-state index in [2.05, 4.69) is 37.2 Å². The maximum Gasteiger partial charge on any atom is 0.243 e. The number of halogens is 3. The fraction of sp³-hybridized carbons (Fsp3) is 0.174. The van der Waals surface area contributed by atoms with Crippen LogP contribution in [0.2, 0.25) is 5.02 Å². The van der Waals surface area contributed by atoms with Crippen LogP contribution in [0.1, 0.15) is 24.1 Å². The summed E-state index contributed by atoms with van der Waals surface area (Å²) in [5.41, 5.74) is 1.67. The normalized spacial score (nSPS) is 12.5. The Balaban J connectivity index is 1.83. The predicted molar refractivity (Wildman–Crippen MR) is 134 cm³/mol. The van der Waals surface area contributed by atoms with Crippen LogP contribution in [-0.2, 0) is 21.4 Å². The minimum absolute atomic E-state index is 0.0525. The molecular weight excluding hydrogens is 580 g/mol. The van der Waals surface area contributed by atoms with Crippen molar-refractivity contribution in [2.75, 3.05) is 6.54 Å². The third kappa shape index (κ3) is 6.65.